The fraction of sp³-hybridized carbons (Fsp3) is 0.174. The van der Waals surface area contributed by atoms with Gasteiger partial charge in [-0.2, -0.15) is 0 Å². The van der Waals surface area contributed by atoms with Crippen LogP contribution in [0.2, 0.25) is 0 Å². The summed E-state index contributed by atoms with van der Waals surface area (Å²) in [5, 5.41) is 0. The Labute approximate surface area is 150 Å². The van der Waals surface area contributed by atoms with E-state index < -0.39 is 0 Å². The third kappa shape index (κ3) is 4.21. The van der Waals surface area contributed by atoms with Crippen molar-refractivity contribution < 1.29 is 9.47 Å². The molecule has 0 unspecified atom stereocenters. The highest BCUT2D eigenvalue weighted by Crippen LogP contribution is 2.38. The van der Waals surface area contributed by atoms with Crippen molar-refractivity contribution in [2.75, 3.05) is 13.2 Å². The second-order valence-electron chi connectivity index (χ2n) is 5.68. The first kappa shape index (κ1) is 17.1. The van der Waals surface area contributed by atoms with Crippen molar-refractivity contribution in [2.24, 2.45) is 0 Å². The minimum Gasteiger partial charge on any atom is -0.490 e. The van der Waals surface area contributed by atoms with E-state index >= 15 is 0 Å². The Morgan fingerprint density at radius 1 is 0.680 bits per heavy atom. The fourth-order valence-corrected chi connectivity index (χ4v) is 2.81. The largest absolute Gasteiger partial charge is 0.490 e. The SMILES string of the molecule is CCOc1cccc(-c2ccc([CH]c3ccccc3)cc2)c1OCC. The third-order valence-corrected chi connectivity index (χ3v) is 3.92. The Hall–Kier alpha value is -2.74. The minimum absolute atomic E-state index is 0.608. The molecule has 0 spiro atoms. The van der Waals surface area contributed by atoms with Crippen LogP contribution in [0, 0.1) is 6.42 Å². The molecule has 3 rings (SSSR count). The first-order valence-corrected chi connectivity index (χ1v) is 8.70. The first-order valence-electron chi connectivity index (χ1n) is 8.70. The molecule has 0 bridgehead atoms. The standard InChI is InChI=1S/C23H23O2/c1-3-24-22-12-8-11-21(23(22)25-4-2)20-15-13-19(14-16-20)17-18-9-6-5-7-10-18/h5-17H,3-4H2,1-2H3. The lowest BCUT2D eigenvalue weighted by Crippen LogP contribution is -2.00. The molecule has 0 saturated heterocycles. The second kappa shape index (κ2) is 8.39. The number of ether oxygens (including phenoxy) is 2. The van der Waals surface area contributed by atoms with Crippen LogP contribution in [0.1, 0.15) is 25.0 Å². The summed E-state index contributed by atoms with van der Waals surface area (Å²) < 4.78 is 11.6. The number of hydrogen-bond acceptors (Lipinski definition) is 2. The predicted octanol–water partition coefficient (Wildman–Crippen LogP) is 5.75. The normalized spacial score (nSPS) is 10.5. The molecule has 0 aromatic heterocycles. The monoisotopic (exact) mass is 331 g/mol. The van der Waals surface area contributed by atoms with Crippen molar-refractivity contribution in [3.05, 3.63) is 90.3 Å². The van der Waals surface area contributed by atoms with Crippen molar-refractivity contribution in [2.45, 2.75) is 13.8 Å². The van der Waals surface area contributed by atoms with Gasteiger partial charge in [-0.15, -0.1) is 0 Å². The van der Waals surface area contributed by atoms with Gasteiger partial charge in [0.1, 0.15) is 0 Å². The van der Waals surface area contributed by atoms with Crippen LogP contribution in [0.15, 0.2) is 72.8 Å². The minimum atomic E-state index is 0.608. The Morgan fingerprint density at radius 2 is 1.36 bits per heavy atom. The molecule has 3 aromatic carbocycles. The zero-order chi connectivity index (χ0) is 17.5. The van der Waals surface area contributed by atoms with Crippen molar-refractivity contribution in [1.82, 2.24) is 0 Å². The summed E-state index contributed by atoms with van der Waals surface area (Å²) in [5.41, 5.74) is 4.55. The quantitative estimate of drug-likeness (QED) is 0.548. The predicted molar refractivity (Wildman–Crippen MR) is 103 cm³/mol. The van der Waals surface area contributed by atoms with Gasteiger partial charge in [0.2, 0.25) is 0 Å². The Bertz CT molecular complexity index is 792. The highest BCUT2D eigenvalue weighted by molar-refractivity contribution is 5.74. The van der Waals surface area contributed by atoms with Crippen molar-refractivity contribution in [3.63, 3.8) is 0 Å². The van der Waals surface area contributed by atoms with Crippen LogP contribution >= 0.6 is 0 Å². The van der Waals surface area contributed by atoms with Gasteiger partial charge in [-0.05, 0) is 36.6 Å². The topological polar surface area (TPSA) is 18.5 Å². The summed E-state index contributed by atoms with van der Waals surface area (Å²) in [6, 6.07) is 24.9. The van der Waals surface area contributed by atoms with Crippen LogP contribution in [-0.4, -0.2) is 13.2 Å². The van der Waals surface area contributed by atoms with Gasteiger partial charge >= 0.3 is 0 Å². The molecule has 0 amide bonds. The molecule has 0 aliphatic heterocycles. The van der Waals surface area contributed by atoms with Crippen LogP contribution in [0.4, 0.5) is 0 Å². The van der Waals surface area contributed by atoms with Gasteiger partial charge in [0.05, 0.1) is 13.2 Å². The first-order chi connectivity index (χ1) is 12.3. The molecule has 0 heterocycles. The average Bonchev–Trinajstić information content (AvgIpc) is 2.65. The van der Waals surface area contributed by atoms with Gasteiger partial charge in [-0.1, -0.05) is 66.7 Å². The second-order valence-corrected chi connectivity index (χ2v) is 5.68. The molecule has 1 radical (unpaired) electrons. The average molecular weight is 331 g/mol. The number of benzene rings is 3. The summed E-state index contributed by atoms with van der Waals surface area (Å²) >= 11 is 0. The third-order valence-electron chi connectivity index (χ3n) is 3.92. The molecule has 0 aliphatic rings. The summed E-state index contributed by atoms with van der Waals surface area (Å²) in [7, 11) is 0. The molecule has 3 aromatic rings. The Morgan fingerprint density at radius 3 is 2.04 bits per heavy atom. The van der Waals surface area contributed by atoms with E-state index in [2.05, 4.69) is 48.9 Å². The molecule has 0 N–H and O–H groups in total. The maximum Gasteiger partial charge on any atom is 0.168 e. The highest BCUT2D eigenvalue weighted by atomic mass is 16.5. The lowest BCUT2D eigenvalue weighted by Gasteiger charge is -2.15. The van der Waals surface area contributed by atoms with Crippen LogP contribution in [-0.2, 0) is 0 Å². The molecule has 0 atom stereocenters. The van der Waals surface area contributed by atoms with Crippen molar-refractivity contribution in [1.29, 1.82) is 0 Å². The zero-order valence-corrected chi connectivity index (χ0v) is 14.7. The maximum absolute atomic E-state index is 5.87. The van der Waals surface area contributed by atoms with Crippen molar-refractivity contribution in [3.8, 4) is 22.6 Å². The Balaban J connectivity index is 1.88. The molecule has 2 nitrogen and oxygen atoms in total. The van der Waals surface area contributed by atoms with E-state index in [1.165, 1.54) is 11.1 Å². The summed E-state index contributed by atoms with van der Waals surface area (Å²) in [6.07, 6.45) is 2.17. The zero-order valence-electron chi connectivity index (χ0n) is 14.7. The van der Waals surface area contributed by atoms with Crippen LogP contribution in [0.5, 0.6) is 11.5 Å². The number of rotatable bonds is 7. The fourth-order valence-electron chi connectivity index (χ4n) is 2.81. The van der Waals surface area contributed by atoms with E-state index in [1.54, 1.807) is 0 Å². The molecule has 127 valence electrons. The molecule has 0 aliphatic carbocycles. The van der Waals surface area contributed by atoms with Crippen LogP contribution < -0.4 is 9.47 Å². The Kier molecular flexibility index (Phi) is 5.73. The van der Waals surface area contributed by atoms with Crippen molar-refractivity contribution >= 4 is 0 Å². The lowest BCUT2D eigenvalue weighted by molar-refractivity contribution is 0.289. The molecular formula is C23H23O2. The summed E-state index contributed by atoms with van der Waals surface area (Å²) in [5.74, 6) is 1.61. The number of hydrogen-bond donors (Lipinski definition) is 0. The van der Waals surface area contributed by atoms with E-state index in [1.807, 2.05) is 44.2 Å². The molecule has 2 heteroatoms. The molecule has 0 fully saturated rings. The van der Waals surface area contributed by atoms with E-state index in [0.717, 1.165) is 22.6 Å². The summed E-state index contributed by atoms with van der Waals surface area (Å²) in [4.78, 5) is 0. The molecule has 0 saturated carbocycles. The molecule has 25 heavy (non-hydrogen) atoms. The lowest BCUT2D eigenvalue weighted by atomic mass is 9.99. The van der Waals surface area contributed by atoms with Gasteiger partial charge in [0.15, 0.2) is 11.5 Å². The van der Waals surface area contributed by atoms with Crippen LogP contribution in [0.3, 0.4) is 0 Å². The highest BCUT2D eigenvalue weighted by Gasteiger charge is 2.12. The van der Waals surface area contributed by atoms with E-state index in [4.69, 9.17) is 9.47 Å². The molecular weight excluding hydrogens is 308 g/mol. The smallest absolute Gasteiger partial charge is 0.168 e. The van der Waals surface area contributed by atoms with Crippen LogP contribution in [0.25, 0.3) is 11.1 Å². The van der Waals surface area contributed by atoms with E-state index in [-0.39, 0.29) is 0 Å². The van der Waals surface area contributed by atoms with E-state index in [9.17, 15) is 0 Å². The summed E-state index contributed by atoms with van der Waals surface area (Å²) in [6.45, 7) is 5.20. The number of para-hydroxylation sites is 1. The van der Waals surface area contributed by atoms with Gasteiger partial charge in [-0.3, -0.25) is 0 Å². The maximum atomic E-state index is 5.87. The van der Waals surface area contributed by atoms with Gasteiger partial charge in [-0.25, -0.2) is 0 Å². The van der Waals surface area contributed by atoms with E-state index in [0.29, 0.717) is 13.2 Å². The van der Waals surface area contributed by atoms with Gasteiger partial charge in [0, 0.05) is 12.0 Å². The van der Waals surface area contributed by atoms with Gasteiger partial charge in [0.25, 0.3) is 0 Å². The van der Waals surface area contributed by atoms with Gasteiger partial charge < -0.3 is 9.47 Å².